The molecule has 1 saturated heterocycles. The van der Waals surface area contributed by atoms with Crippen molar-refractivity contribution in [3.63, 3.8) is 0 Å². The highest BCUT2D eigenvalue weighted by molar-refractivity contribution is 7.87. The average Bonchev–Trinajstić information content (AvgIpc) is 3.33. The molecule has 0 bridgehead atoms. The smallest absolute Gasteiger partial charge is 0.325 e. The van der Waals surface area contributed by atoms with Gasteiger partial charge in [0.15, 0.2) is 0 Å². The topological polar surface area (TPSA) is 103 Å². The fourth-order valence-electron chi connectivity index (χ4n) is 4.32. The van der Waals surface area contributed by atoms with Gasteiger partial charge in [0.2, 0.25) is 0 Å². The van der Waals surface area contributed by atoms with Crippen LogP contribution in [0.1, 0.15) is 18.4 Å². The normalized spacial score (nSPS) is 27.6. The Kier molecular flexibility index (Phi) is 5.05. The summed E-state index contributed by atoms with van der Waals surface area (Å²) >= 11 is 0. The molecule has 0 spiro atoms. The van der Waals surface area contributed by atoms with Crippen molar-refractivity contribution in [2.75, 3.05) is 31.1 Å². The lowest BCUT2D eigenvalue weighted by Gasteiger charge is -2.35. The van der Waals surface area contributed by atoms with Gasteiger partial charge in [-0.3, -0.25) is 9.78 Å². The molecule has 2 N–H and O–H groups in total. The van der Waals surface area contributed by atoms with Gasteiger partial charge in [0.05, 0.1) is 0 Å². The summed E-state index contributed by atoms with van der Waals surface area (Å²) in [5, 5.41) is 9.90. The van der Waals surface area contributed by atoms with Crippen LogP contribution in [-0.4, -0.2) is 60.5 Å². The molecule has 1 aliphatic heterocycles. The van der Waals surface area contributed by atoms with E-state index in [1.165, 1.54) is 4.31 Å². The third-order valence-electron chi connectivity index (χ3n) is 6.02. The van der Waals surface area contributed by atoms with Crippen LogP contribution in [0.3, 0.4) is 0 Å². The van der Waals surface area contributed by atoms with Crippen LogP contribution in [0.5, 0.6) is 0 Å². The number of carboxylic acids is 1. The van der Waals surface area contributed by atoms with E-state index in [2.05, 4.69) is 14.6 Å². The molecule has 1 aromatic carbocycles. The molecule has 29 heavy (non-hydrogen) atoms. The number of piperazine rings is 1. The zero-order valence-electron chi connectivity index (χ0n) is 16.1. The Hall–Kier alpha value is -2.49. The number of anilines is 1. The molecular weight excluding hydrogens is 392 g/mol. The first kappa shape index (κ1) is 19.8. The van der Waals surface area contributed by atoms with Gasteiger partial charge < -0.3 is 10.0 Å². The van der Waals surface area contributed by atoms with E-state index in [1.54, 1.807) is 19.3 Å². The Balaban J connectivity index is 1.49. The molecule has 2 fully saturated rings. The first-order valence-electron chi connectivity index (χ1n) is 9.58. The summed E-state index contributed by atoms with van der Waals surface area (Å²) in [7, 11) is -3.94. The van der Waals surface area contributed by atoms with Crippen molar-refractivity contribution in [2.45, 2.75) is 18.4 Å². The zero-order chi connectivity index (χ0) is 20.6. The Bertz CT molecular complexity index is 978. The molecule has 1 unspecified atom stereocenters. The minimum Gasteiger partial charge on any atom is -0.480 e. The summed E-state index contributed by atoms with van der Waals surface area (Å²) < 4.78 is 29.9. The average molecular weight is 417 g/mol. The quantitative estimate of drug-likeness (QED) is 0.736. The molecule has 154 valence electrons. The maximum Gasteiger partial charge on any atom is 0.325 e. The third kappa shape index (κ3) is 3.50. The zero-order valence-corrected chi connectivity index (χ0v) is 16.9. The number of nitrogens with one attached hydrogen (secondary N) is 1. The van der Waals surface area contributed by atoms with Gasteiger partial charge in [-0.05, 0) is 23.6 Å². The van der Waals surface area contributed by atoms with Crippen molar-refractivity contribution in [2.24, 2.45) is 5.92 Å². The van der Waals surface area contributed by atoms with Gasteiger partial charge in [-0.25, -0.2) is 0 Å². The minimum absolute atomic E-state index is 0.289. The largest absolute Gasteiger partial charge is 0.480 e. The summed E-state index contributed by atoms with van der Waals surface area (Å²) in [4.78, 5) is 18.2. The van der Waals surface area contributed by atoms with E-state index in [9.17, 15) is 18.3 Å². The summed E-state index contributed by atoms with van der Waals surface area (Å²) in [6.07, 6.45) is 3.41. The van der Waals surface area contributed by atoms with E-state index < -0.39 is 27.6 Å². The van der Waals surface area contributed by atoms with E-state index in [4.69, 9.17) is 0 Å². The third-order valence-corrected chi connectivity index (χ3v) is 7.66. The molecular formula is C20H24N4O4S. The van der Waals surface area contributed by atoms with Crippen LogP contribution in [0.4, 0.5) is 5.69 Å². The van der Waals surface area contributed by atoms with Crippen LogP contribution < -0.4 is 9.62 Å². The fraction of sp³-hybridized carbons (Fsp3) is 0.400. The molecule has 0 amide bonds. The van der Waals surface area contributed by atoms with Gasteiger partial charge in [-0.15, -0.1) is 0 Å². The van der Waals surface area contributed by atoms with Crippen molar-refractivity contribution in [3.8, 4) is 0 Å². The van der Waals surface area contributed by atoms with Crippen molar-refractivity contribution >= 4 is 21.9 Å². The SMILES string of the molecule is CC1[C@H](c2ccccc2)[C@]1(NS(=O)(=O)N1CCN(c2ccncc2)CC1)C(=O)O. The molecule has 2 heterocycles. The van der Waals surface area contributed by atoms with Crippen molar-refractivity contribution in [1.29, 1.82) is 0 Å². The highest BCUT2D eigenvalue weighted by Gasteiger charge is 2.70. The van der Waals surface area contributed by atoms with Gasteiger partial charge in [0, 0.05) is 50.2 Å². The molecule has 2 aromatic rings. The van der Waals surface area contributed by atoms with E-state index in [1.807, 2.05) is 42.5 Å². The second-order valence-corrected chi connectivity index (χ2v) is 9.22. The molecule has 1 aliphatic carbocycles. The van der Waals surface area contributed by atoms with Gasteiger partial charge in [0.1, 0.15) is 5.54 Å². The number of hydrogen-bond acceptors (Lipinski definition) is 5. The number of hydrogen-bond donors (Lipinski definition) is 2. The molecule has 0 radical (unpaired) electrons. The first-order valence-corrected chi connectivity index (χ1v) is 11.0. The van der Waals surface area contributed by atoms with E-state index in [0.717, 1.165) is 11.3 Å². The summed E-state index contributed by atoms with van der Waals surface area (Å²) in [6.45, 7) is 3.41. The van der Waals surface area contributed by atoms with Crippen LogP contribution in [0.15, 0.2) is 54.9 Å². The minimum atomic E-state index is -3.94. The molecule has 2 aliphatic rings. The number of benzene rings is 1. The van der Waals surface area contributed by atoms with E-state index >= 15 is 0 Å². The maximum atomic E-state index is 13.0. The molecule has 1 aromatic heterocycles. The Labute approximate surface area is 170 Å². The summed E-state index contributed by atoms with van der Waals surface area (Å²) in [6, 6.07) is 13.0. The van der Waals surface area contributed by atoms with Crippen molar-refractivity contribution in [3.05, 3.63) is 60.4 Å². The van der Waals surface area contributed by atoms with Crippen LogP contribution in [0, 0.1) is 5.92 Å². The van der Waals surface area contributed by atoms with Crippen molar-refractivity contribution < 1.29 is 18.3 Å². The number of aliphatic carboxylic acids is 1. The van der Waals surface area contributed by atoms with Crippen molar-refractivity contribution in [1.82, 2.24) is 14.0 Å². The molecule has 3 atom stereocenters. The Morgan fingerprint density at radius 2 is 1.72 bits per heavy atom. The Morgan fingerprint density at radius 1 is 1.10 bits per heavy atom. The van der Waals surface area contributed by atoms with Gasteiger partial charge in [-0.2, -0.15) is 17.4 Å². The molecule has 9 heteroatoms. The van der Waals surface area contributed by atoms with Crippen LogP contribution >= 0.6 is 0 Å². The van der Waals surface area contributed by atoms with Gasteiger partial charge in [0.25, 0.3) is 10.2 Å². The van der Waals surface area contributed by atoms with Crippen LogP contribution in [-0.2, 0) is 15.0 Å². The lowest BCUT2D eigenvalue weighted by molar-refractivity contribution is -0.140. The number of nitrogens with zero attached hydrogens (tertiary/aromatic N) is 3. The lowest BCUT2D eigenvalue weighted by Crippen LogP contribution is -2.56. The molecule has 1 saturated carbocycles. The standard InChI is InChI=1S/C20H24N4O4S/c1-15-18(16-5-3-2-4-6-16)20(15,19(25)26)22-29(27,28)24-13-11-23(12-14-24)17-7-9-21-10-8-17/h2-10,15,18,22H,11-14H2,1H3,(H,25,26)/t15?,18-,20+/m1/s1. The lowest BCUT2D eigenvalue weighted by atomic mass is 10.1. The molecule has 8 nitrogen and oxygen atoms in total. The monoisotopic (exact) mass is 416 g/mol. The predicted octanol–water partition coefficient (Wildman–Crippen LogP) is 1.29. The fourth-order valence-corrected chi connectivity index (χ4v) is 5.92. The Morgan fingerprint density at radius 3 is 2.31 bits per heavy atom. The highest BCUT2D eigenvalue weighted by atomic mass is 32.2. The molecule has 4 rings (SSSR count). The number of carbonyl (C=O) groups is 1. The van der Waals surface area contributed by atoms with Gasteiger partial charge in [-0.1, -0.05) is 37.3 Å². The number of pyridine rings is 1. The summed E-state index contributed by atoms with van der Waals surface area (Å²) in [5.41, 5.74) is 0.308. The second-order valence-electron chi connectivity index (χ2n) is 7.55. The highest BCUT2D eigenvalue weighted by Crippen LogP contribution is 2.57. The number of carboxylic acid groups (broad SMARTS) is 1. The first-order chi connectivity index (χ1) is 13.9. The summed E-state index contributed by atoms with van der Waals surface area (Å²) in [5.74, 6) is -1.87. The van der Waals surface area contributed by atoms with Crippen LogP contribution in [0.2, 0.25) is 0 Å². The van der Waals surface area contributed by atoms with E-state index in [-0.39, 0.29) is 19.0 Å². The van der Waals surface area contributed by atoms with Crippen LogP contribution in [0.25, 0.3) is 0 Å². The van der Waals surface area contributed by atoms with Gasteiger partial charge >= 0.3 is 5.97 Å². The predicted molar refractivity (Wildman–Crippen MR) is 109 cm³/mol. The maximum absolute atomic E-state index is 13.0. The number of aromatic nitrogens is 1. The number of rotatable bonds is 6. The van der Waals surface area contributed by atoms with E-state index in [0.29, 0.717) is 13.1 Å². The second kappa shape index (κ2) is 7.40.